The van der Waals surface area contributed by atoms with Crippen molar-refractivity contribution in [3.63, 3.8) is 0 Å². The van der Waals surface area contributed by atoms with Crippen molar-refractivity contribution >= 4 is 34.8 Å². The molecular weight excluding hydrogens is 292 g/mol. The van der Waals surface area contributed by atoms with Crippen molar-refractivity contribution in [3.8, 4) is 0 Å². The lowest BCUT2D eigenvalue weighted by Gasteiger charge is -2.07. The molecule has 0 bridgehead atoms. The molecule has 2 aromatic rings. The first kappa shape index (κ1) is 15.3. The standard InChI is InChI=1S/C13H16N4O3S/c1-8-5-9-12(15-6-8)17(4-3-10(18)14-2)13(16-9)21-7-11(19)20/h5-6H,3-4,7H2,1-2H3,(H,14,18)(H,19,20). The monoisotopic (exact) mass is 308 g/mol. The second-order valence-electron chi connectivity index (χ2n) is 4.51. The van der Waals surface area contributed by atoms with E-state index in [1.165, 1.54) is 0 Å². The lowest BCUT2D eigenvalue weighted by molar-refractivity contribution is -0.134. The number of carbonyl (C=O) groups excluding carboxylic acids is 1. The van der Waals surface area contributed by atoms with E-state index in [1.807, 2.05) is 13.0 Å². The second-order valence-corrected chi connectivity index (χ2v) is 5.45. The summed E-state index contributed by atoms with van der Waals surface area (Å²) in [5.74, 6) is -1.07. The molecule has 0 saturated heterocycles. The van der Waals surface area contributed by atoms with Gasteiger partial charge in [-0.1, -0.05) is 11.8 Å². The average Bonchev–Trinajstić information content (AvgIpc) is 2.79. The second kappa shape index (κ2) is 6.57. The molecule has 0 saturated carbocycles. The topological polar surface area (TPSA) is 97.1 Å². The lowest BCUT2D eigenvalue weighted by atomic mass is 10.3. The molecule has 21 heavy (non-hydrogen) atoms. The number of imidazole rings is 1. The smallest absolute Gasteiger partial charge is 0.313 e. The molecular formula is C13H16N4O3S. The summed E-state index contributed by atoms with van der Waals surface area (Å²) in [5.41, 5.74) is 2.35. The maximum absolute atomic E-state index is 11.4. The third-order valence-corrected chi connectivity index (χ3v) is 3.81. The number of pyridine rings is 1. The van der Waals surface area contributed by atoms with Gasteiger partial charge in [0, 0.05) is 26.2 Å². The Hall–Kier alpha value is -2.09. The molecule has 0 aliphatic carbocycles. The Balaban J connectivity index is 2.34. The summed E-state index contributed by atoms with van der Waals surface area (Å²) in [6.45, 7) is 2.33. The molecule has 0 atom stereocenters. The average molecular weight is 308 g/mol. The first-order valence-corrected chi connectivity index (χ1v) is 7.38. The van der Waals surface area contributed by atoms with Crippen molar-refractivity contribution in [1.82, 2.24) is 19.9 Å². The predicted octanol–water partition coefficient (Wildman–Crippen LogP) is 1.05. The first-order chi connectivity index (χ1) is 10.0. The van der Waals surface area contributed by atoms with Gasteiger partial charge < -0.3 is 15.0 Å². The molecule has 0 fully saturated rings. The van der Waals surface area contributed by atoms with Crippen LogP contribution in [0.4, 0.5) is 0 Å². The molecule has 0 unspecified atom stereocenters. The number of carbonyl (C=O) groups is 2. The molecule has 0 radical (unpaired) electrons. The fraction of sp³-hybridized carbons (Fsp3) is 0.385. The van der Waals surface area contributed by atoms with Crippen molar-refractivity contribution < 1.29 is 14.7 Å². The fourth-order valence-electron chi connectivity index (χ4n) is 1.87. The molecule has 0 aliphatic rings. The van der Waals surface area contributed by atoms with E-state index in [2.05, 4.69) is 15.3 Å². The molecule has 1 amide bonds. The number of rotatable bonds is 6. The fourth-order valence-corrected chi connectivity index (χ4v) is 2.62. The molecule has 0 aromatic carbocycles. The van der Waals surface area contributed by atoms with Crippen molar-refractivity contribution in [3.05, 3.63) is 17.8 Å². The van der Waals surface area contributed by atoms with Gasteiger partial charge in [0.2, 0.25) is 5.91 Å². The number of aromatic nitrogens is 3. The molecule has 8 heteroatoms. The zero-order valence-corrected chi connectivity index (χ0v) is 12.6. The van der Waals surface area contributed by atoms with E-state index in [1.54, 1.807) is 17.8 Å². The van der Waals surface area contributed by atoms with Crippen LogP contribution in [0.15, 0.2) is 17.4 Å². The summed E-state index contributed by atoms with van der Waals surface area (Å²) in [5, 5.41) is 11.9. The van der Waals surface area contributed by atoms with E-state index < -0.39 is 5.97 Å². The highest BCUT2D eigenvalue weighted by Crippen LogP contribution is 2.23. The number of aliphatic carboxylic acids is 1. The third kappa shape index (κ3) is 3.72. The molecule has 112 valence electrons. The van der Waals surface area contributed by atoms with Crippen molar-refractivity contribution in [2.24, 2.45) is 0 Å². The van der Waals surface area contributed by atoms with Crippen LogP contribution in [0.5, 0.6) is 0 Å². The van der Waals surface area contributed by atoms with E-state index in [9.17, 15) is 9.59 Å². The van der Waals surface area contributed by atoms with Gasteiger partial charge in [0.05, 0.1) is 5.75 Å². The highest BCUT2D eigenvalue weighted by Gasteiger charge is 2.14. The number of nitrogens with zero attached hydrogens (tertiary/aromatic N) is 3. The van der Waals surface area contributed by atoms with Crippen molar-refractivity contribution in [1.29, 1.82) is 0 Å². The van der Waals surface area contributed by atoms with Gasteiger partial charge in [-0.3, -0.25) is 9.59 Å². The van der Waals surface area contributed by atoms with Crippen molar-refractivity contribution in [2.75, 3.05) is 12.8 Å². The summed E-state index contributed by atoms with van der Waals surface area (Å²) in [6.07, 6.45) is 2.02. The van der Waals surface area contributed by atoms with Crippen LogP contribution in [0.2, 0.25) is 0 Å². The summed E-state index contributed by atoms with van der Waals surface area (Å²) in [4.78, 5) is 30.9. The molecule has 2 heterocycles. The Morgan fingerprint density at radius 1 is 1.48 bits per heavy atom. The maximum atomic E-state index is 11.4. The van der Waals surface area contributed by atoms with Crippen LogP contribution in [0.25, 0.3) is 11.2 Å². The number of hydrogen-bond acceptors (Lipinski definition) is 5. The van der Waals surface area contributed by atoms with Gasteiger partial charge >= 0.3 is 5.97 Å². The largest absolute Gasteiger partial charge is 0.481 e. The molecule has 7 nitrogen and oxygen atoms in total. The minimum atomic E-state index is -0.908. The number of carboxylic acid groups (broad SMARTS) is 1. The SMILES string of the molecule is CNC(=O)CCn1c(SCC(=O)O)nc2cc(C)cnc21. The molecule has 0 aliphatic heterocycles. The molecule has 2 N–H and O–H groups in total. The van der Waals surface area contributed by atoms with Gasteiger partial charge in [-0.15, -0.1) is 0 Å². The molecule has 0 spiro atoms. The molecule has 2 rings (SSSR count). The quantitative estimate of drug-likeness (QED) is 0.774. The Labute approximate surface area is 125 Å². The lowest BCUT2D eigenvalue weighted by Crippen LogP contribution is -2.19. The van der Waals surface area contributed by atoms with Crippen LogP contribution in [-0.4, -0.2) is 44.3 Å². The highest BCUT2D eigenvalue weighted by atomic mass is 32.2. The Bertz CT molecular complexity index is 683. The summed E-state index contributed by atoms with van der Waals surface area (Å²) >= 11 is 1.13. The van der Waals surface area contributed by atoms with Gasteiger partial charge in [0.15, 0.2) is 10.8 Å². The summed E-state index contributed by atoms with van der Waals surface area (Å²) in [6, 6.07) is 1.89. The van der Waals surface area contributed by atoms with Crippen LogP contribution in [0.1, 0.15) is 12.0 Å². The van der Waals surface area contributed by atoms with Gasteiger partial charge in [-0.25, -0.2) is 9.97 Å². The summed E-state index contributed by atoms with van der Waals surface area (Å²) < 4.78 is 1.79. The maximum Gasteiger partial charge on any atom is 0.313 e. The minimum absolute atomic E-state index is 0.0811. The zero-order valence-electron chi connectivity index (χ0n) is 11.8. The van der Waals surface area contributed by atoms with E-state index in [0.29, 0.717) is 22.9 Å². The number of nitrogens with one attached hydrogen (secondary N) is 1. The van der Waals surface area contributed by atoms with Crippen LogP contribution in [0, 0.1) is 6.92 Å². The number of amides is 1. The Kier molecular flexibility index (Phi) is 4.79. The first-order valence-electron chi connectivity index (χ1n) is 6.39. The minimum Gasteiger partial charge on any atom is -0.481 e. The van der Waals surface area contributed by atoms with Crippen LogP contribution >= 0.6 is 11.8 Å². The molecule has 2 aromatic heterocycles. The Morgan fingerprint density at radius 3 is 2.90 bits per heavy atom. The van der Waals surface area contributed by atoms with Crippen LogP contribution in [-0.2, 0) is 16.1 Å². The Morgan fingerprint density at radius 2 is 2.24 bits per heavy atom. The van der Waals surface area contributed by atoms with Crippen molar-refractivity contribution in [2.45, 2.75) is 25.0 Å². The number of fused-ring (bicyclic) bond motifs is 1. The zero-order chi connectivity index (χ0) is 15.4. The van der Waals surface area contributed by atoms with Crippen LogP contribution in [0.3, 0.4) is 0 Å². The normalized spacial score (nSPS) is 10.8. The van der Waals surface area contributed by atoms with Gasteiger partial charge in [-0.05, 0) is 18.6 Å². The van der Waals surface area contributed by atoms with Gasteiger partial charge in [0.25, 0.3) is 0 Å². The number of carboxylic acids is 1. The van der Waals surface area contributed by atoms with E-state index in [0.717, 1.165) is 17.3 Å². The predicted molar refractivity (Wildman–Crippen MR) is 79.3 cm³/mol. The van der Waals surface area contributed by atoms with Crippen LogP contribution < -0.4 is 5.32 Å². The number of hydrogen-bond donors (Lipinski definition) is 2. The van der Waals surface area contributed by atoms with Gasteiger partial charge in [-0.2, -0.15) is 0 Å². The van der Waals surface area contributed by atoms with Gasteiger partial charge in [0.1, 0.15) is 5.52 Å². The summed E-state index contributed by atoms with van der Waals surface area (Å²) in [7, 11) is 1.58. The number of thioether (sulfide) groups is 1. The van der Waals surface area contributed by atoms with E-state index >= 15 is 0 Å². The van der Waals surface area contributed by atoms with E-state index in [4.69, 9.17) is 5.11 Å². The number of aryl methyl sites for hydroxylation is 2. The van der Waals surface area contributed by atoms with E-state index in [-0.39, 0.29) is 18.1 Å². The highest BCUT2D eigenvalue weighted by molar-refractivity contribution is 7.99. The third-order valence-electron chi connectivity index (χ3n) is 2.85.